The van der Waals surface area contributed by atoms with Crippen LogP contribution in [0.4, 0.5) is 4.79 Å². The molecule has 0 radical (unpaired) electrons. The van der Waals surface area contributed by atoms with Gasteiger partial charge in [0.2, 0.25) is 0 Å². The number of phenolic OH excluding ortho intramolecular Hbond substituents is 1. The Morgan fingerprint density at radius 2 is 1.88 bits per heavy atom. The van der Waals surface area contributed by atoms with Crippen LogP contribution in [0.3, 0.4) is 0 Å². The topological polar surface area (TPSA) is 102 Å². The summed E-state index contributed by atoms with van der Waals surface area (Å²) >= 11 is 0. The summed E-state index contributed by atoms with van der Waals surface area (Å²) in [6.45, 7) is 1.97. The van der Waals surface area contributed by atoms with E-state index in [1.54, 1.807) is 6.07 Å². The van der Waals surface area contributed by atoms with E-state index in [-0.39, 0.29) is 23.1 Å². The van der Waals surface area contributed by atoms with Gasteiger partial charge in [0.05, 0.1) is 11.6 Å². The van der Waals surface area contributed by atoms with E-state index < -0.39 is 22.6 Å². The molecule has 1 aromatic rings. The van der Waals surface area contributed by atoms with Gasteiger partial charge < -0.3 is 15.5 Å². The Balaban J connectivity index is 1.32. The monoisotopic (exact) mass is 437 g/mol. The van der Waals surface area contributed by atoms with Crippen LogP contribution in [-0.2, 0) is 15.6 Å². The quantitative estimate of drug-likeness (QED) is 0.531. The zero-order valence-electron chi connectivity index (χ0n) is 18.3. The maximum Gasteiger partial charge on any atom is 0.322 e. The summed E-state index contributed by atoms with van der Waals surface area (Å²) < 4.78 is 0. The van der Waals surface area contributed by atoms with E-state index in [0.717, 1.165) is 25.1 Å². The van der Waals surface area contributed by atoms with Gasteiger partial charge in [-0.3, -0.25) is 15.0 Å². The van der Waals surface area contributed by atoms with Crippen molar-refractivity contribution < 1.29 is 19.8 Å². The fourth-order valence-corrected chi connectivity index (χ4v) is 9.05. The molecule has 7 rings (SSSR count). The zero-order chi connectivity index (χ0) is 21.9. The number of fused-ring (bicyclic) bond motifs is 2. The van der Waals surface area contributed by atoms with Crippen molar-refractivity contribution in [3.8, 4) is 5.75 Å². The molecule has 4 N–H and O–H groups in total. The highest BCUT2D eigenvalue weighted by molar-refractivity contribution is 6.07. The molecule has 1 unspecified atom stereocenters. The van der Waals surface area contributed by atoms with Crippen LogP contribution in [0.2, 0.25) is 0 Å². The first-order valence-electron chi connectivity index (χ1n) is 12.3. The van der Waals surface area contributed by atoms with E-state index in [4.69, 9.17) is 0 Å². The Morgan fingerprint density at radius 3 is 2.62 bits per heavy atom. The number of phenols is 1. The smallest absolute Gasteiger partial charge is 0.322 e. The number of rotatable bonds is 2. The Kier molecular flexibility index (Phi) is 3.55. The molecule has 7 heteroatoms. The summed E-state index contributed by atoms with van der Waals surface area (Å²) in [6, 6.07) is 5.21. The predicted octanol–water partition coefficient (Wildman–Crippen LogP) is 2.04. The standard InChI is InChI=1S/C25H31N3O4/c29-16-6-7-17-18(10-16)23-12-22(17)14-28(11-15-4-2-1-3-5-15)19(22)25(23,32)9-8-24(13-23)20(30)26-21(31)27-24/h6-7,10,15,19,29,32H,1-5,8-9,11-14H2,(H2,26,27,30,31)/t19-,22?,23-,24+,25-/m1/s1. The lowest BCUT2D eigenvalue weighted by Crippen LogP contribution is -2.76. The van der Waals surface area contributed by atoms with Gasteiger partial charge in [0, 0.05) is 23.9 Å². The van der Waals surface area contributed by atoms with Gasteiger partial charge >= 0.3 is 6.03 Å². The number of hydrogen-bond acceptors (Lipinski definition) is 5. The SMILES string of the molecule is O=C1NC(=O)[C@@]2(CC[C@@]3(O)[C@@H]4N(CC5CCCCC5)CC45C[C@@]3(C2)c2cc(O)ccc25)N1. The summed E-state index contributed by atoms with van der Waals surface area (Å²) in [6.07, 6.45) is 8.60. The average Bonchev–Trinajstić information content (AvgIpc) is 3.25. The first kappa shape index (κ1) is 19.4. The van der Waals surface area contributed by atoms with Crippen molar-refractivity contribution in [2.24, 2.45) is 5.92 Å². The van der Waals surface area contributed by atoms with Crippen LogP contribution in [0.15, 0.2) is 18.2 Å². The van der Waals surface area contributed by atoms with Crippen LogP contribution in [-0.4, -0.2) is 57.3 Å². The van der Waals surface area contributed by atoms with E-state index in [0.29, 0.717) is 25.2 Å². The summed E-state index contributed by atoms with van der Waals surface area (Å²) in [4.78, 5) is 27.5. The maximum absolute atomic E-state index is 12.9. The summed E-state index contributed by atoms with van der Waals surface area (Å²) in [5, 5.41) is 28.1. The molecular formula is C25H31N3O4. The fourth-order valence-electron chi connectivity index (χ4n) is 9.05. The van der Waals surface area contributed by atoms with Gasteiger partial charge in [-0.15, -0.1) is 0 Å². The van der Waals surface area contributed by atoms with Crippen LogP contribution in [0.25, 0.3) is 0 Å². The summed E-state index contributed by atoms with van der Waals surface area (Å²) in [5.74, 6) is 0.618. The lowest BCUT2D eigenvalue weighted by Gasteiger charge is -2.64. The molecule has 2 heterocycles. The van der Waals surface area contributed by atoms with Gasteiger partial charge in [-0.25, -0.2) is 4.79 Å². The van der Waals surface area contributed by atoms with Gasteiger partial charge in [0.15, 0.2) is 0 Å². The van der Waals surface area contributed by atoms with E-state index in [2.05, 4.69) is 15.5 Å². The number of carbonyl (C=O) groups excluding carboxylic acids is 2. The predicted molar refractivity (Wildman–Crippen MR) is 116 cm³/mol. The zero-order valence-corrected chi connectivity index (χ0v) is 18.3. The van der Waals surface area contributed by atoms with E-state index in [9.17, 15) is 19.8 Å². The lowest BCUT2D eigenvalue weighted by molar-refractivity contribution is -0.162. The Labute approximate surface area is 187 Å². The summed E-state index contributed by atoms with van der Waals surface area (Å²) in [5.41, 5.74) is -0.486. The highest BCUT2D eigenvalue weighted by atomic mass is 16.3. The summed E-state index contributed by atoms with van der Waals surface area (Å²) in [7, 11) is 0. The Morgan fingerprint density at radius 1 is 1.06 bits per heavy atom. The van der Waals surface area contributed by atoms with E-state index >= 15 is 0 Å². The molecule has 3 saturated carbocycles. The van der Waals surface area contributed by atoms with Crippen molar-refractivity contribution in [3.63, 3.8) is 0 Å². The highest BCUT2D eigenvalue weighted by Crippen LogP contribution is 2.75. The van der Waals surface area contributed by atoms with Crippen LogP contribution < -0.4 is 10.6 Å². The minimum atomic E-state index is -0.977. The van der Waals surface area contributed by atoms with E-state index in [1.807, 2.05) is 12.1 Å². The molecule has 2 saturated heterocycles. The lowest BCUT2D eigenvalue weighted by atomic mass is 9.52. The number of urea groups is 1. The number of imide groups is 1. The largest absolute Gasteiger partial charge is 0.508 e. The minimum absolute atomic E-state index is 0.0477. The maximum atomic E-state index is 12.9. The van der Waals surface area contributed by atoms with Gasteiger partial charge in [0.1, 0.15) is 11.3 Å². The second-order valence-electron chi connectivity index (χ2n) is 11.6. The van der Waals surface area contributed by atoms with E-state index in [1.165, 1.54) is 37.7 Å². The first-order chi connectivity index (χ1) is 15.3. The molecule has 6 aliphatic rings. The minimum Gasteiger partial charge on any atom is -0.508 e. The Bertz CT molecular complexity index is 1050. The Hall–Kier alpha value is -2.12. The highest BCUT2D eigenvalue weighted by Gasteiger charge is 2.82. The molecule has 2 aliphatic heterocycles. The molecule has 170 valence electrons. The van der Waals surface area contributed by atoms with Crippen molar-refractivity contribution >= 4 is 11.9 Å². The van der Waals surface area contributed by atoms with Gasteiger partial charge in [0.25, 0.3) is 5.91 Å². The normalized spacial score (nSPS) is 44.6. The van der Waals surface area contributed by atoms with Crippen molar-refractivity contribution in [3.05, 3.63) is 29.3 Å². The number of carbonyl (C=O) groups is 2. The second kappa shape index (κ2) is 5.86. The molecular weight excluding hydrogens is 406 g/mol. The first-order valence-corrected chi connectivity index (χ1v) is 12.3. The molecule has 4 aliphatic carbocycles. The third-order valence-electron chi connectivity index (χ3n) is 10.1. The molecule has 7 nitrogen and oxygen atoms in total. The molecule has 5 fully saturated rings. The number of aliphatic hydroxyl groups is 1. The number of nitrogens with zero attached hydrogens (tertiary/aromatic N) is 1. The number of hydrogen-bond donors (Lipinski definition) is 4. The number of amides is 3. The second-order valence-corrected chi connectivity index (χ2v) is 11.6. The van der Waals surface area contributed by atoms with Crippen LogP contribution in [0.5, 0.6) is 5.75 Å². The average molecular weight is 438 g/mol. The number of nitrogens with one attached hydrogen (secondary N) is 2. The molecule has 2 bridgehead atoms. The van der Waals surface area contributed by atoms with Crippen molar-refractivity contribution in [2.75, 3.05) is 13.1 Å². The van der Waals surface area contributed by atoms with Crippen LogP contribution in [0.1, 0.15) is 68.9 Å². The van der Waals surface area contributed by atoms with Crippen LogP contribution >= 0.6 is 0 Å². The van der Waals surface area contributed by atoms with Gasteiger partial charge in [-0.1, -0.05) is 25.3 Å². The molecule has 3 amide bonds. The number of aromatic hydroxyl groups is 1. The number of likely N-dealkylation sites (tertiary alicyclic amines) is 1. The molecule has 3 spiro atoms. The molecule has 0 aromatic heterocycles. The van der Waals surface area contributed by atoms with Crippen molar-refractivity contribution in [1.29, 1.82) is 0 Å². The third-order valence-corrected chi connectivity index (χ3v) is 10.1. The van der Waals surface area contributed by atoms with Gasteiger partial charge in [-0.2, -0.15) is 0 Å². The van der Waals surface area contributed by atoms with Crippen LogP contribution in [0, 0.1) is 5.92 Å². The molecule has 5 atom stereocenters. The number of benzene rings is 1. The van der Waals surface area contributed by atoms with Crippen molar-refractivity contribution in [2.45, 2.75) is 85.8 Å². The van der Waals surface area contributed by atoms with Gasteiger partial charge in [-0.05, 0) is 67.7 Å². The molecule has 1 aromatic carbocycles. The fraction of sp³-hybridized carbons (Fsp3) is 0.680. The molecule has 32 heavy (non-hydrogen) atoms. The van der Waals surface area contributed by atoms with Crippen molar-refractivity contribution in [1.82, 2.24) is 15.5 Å². The third kappa shape index (κ3) is 2.06.